The summed E-state index contributed by atoms with van der Waals surface area (Å²) in [5, 5.41) is 6.11. The molecule has 0 bridgehead atoms. The molecule has 21 heavy (non-hydrogen) atoms. The molecule has 112 valence electrons. The van der Waals surface area contributed by atoms with Gasteiger partial charge < -0.3 is 15.1 Å². The number of rotatable bonds is 4. The molecule has 0 saturated carbocycles. The Balaban J connectivity index is 1.83. The molecule has 0 aliphatic heterocycles. The molecular formula is C14H13F3N2OS. The predicted molar refractivity (Wildman–Crippen MR) is 76.4 cm³/mol. The normalized spacial score (nSPS) is 11.2. The van der Waals surface area contributed by atoms with E-state index < -0.39 is 11.7 Å². The van der Waals surface area contributed by atoms with Crippen LogP contribution < -0.4 is 10.6 Å². The first-order valence-electron chi connectivity index (χ1n) is 6.15. The Morgan fingerprint density at radius 1 is 1.10 bits per heavy atom. The van der Waals surface area contributed by atoms with E-state index in [1.807, 2.05) is 0 Å². The molecule has 0 unspecified atom stereocenters. The van der Waals surface area contributed by atoms with Crippen LogP contribution in [0.2, 0.25) is 0 Å². The zero-order valence-electron chi connectivity index (χ0n) is 10.9. The summed E-state index contributed by atoms with van der Waals surface area (Å²) in [7, 11) is 0. The lowest BCUT2D eigenvalue weighted by Crippen LogP contribution is -2.34. The fourth-order valence-electron chi connectivity index (χ4n) is 1.68. The van der Waals surface area contributed by atoms with Gasteiger partial charge in [0.25, 0.3) is 0 Å². The van der Waals surface area contributed by atoms with Crippen molar-refractivity contribution >= 4 is 17.3 Å². The number of thiocarbonyl (C=S) groups is 1. The Morgan fingerprint density at radius 2 is 1.86 bits per heavy atom. The molecule has 2 rings (SSSR count). The highest BCUT2D eigenvalue weighted by Crippen LogP contribution is 2.29. The third-order valence-corrected chi connectivity index (χ3v) is 3.00. The fourth-order valence-corrected chi connectivity index (χ4v) is 1.83. The van der Waals surface area contributed by atoms with E-state index >= 15 is 0 Å². The maximum atomic E-state index is 12.6. The van der Waals surface area contributed by atoms with Crippen LogP contribution in [-0.4, -0.2) is 5.11 Å². The van der Waals surface area contributed by atoms with Crippen molar-refractivity contribution < 1.29 is 17.6 Å². The Hall–Kier alpha value is -2.02. The van der Waals surface area contributed by atoms with E-state index in [1.165, 1.54) is 6.07 Å². The number of hydrogen-bond acceptors (Lipinski definition) is 2. The maximum Gasteiger partial charge on any atom is 0.416 e. The predicted octanol–water partition coefficient (Wildman–Crippen LogP) is 3.46. The van der Waals surface area contributed by atoms with Crippen molar-refractivity contribution in [1.82, 2.24) is 10.6 Å². The van der Waals surface area contributed by atoms with Crippen LogP contribution in [0.4, 0.5) is 13.2 Å². The van der Waals surface area contributed by atoms with Gasteiger partial charge in [-0.2, -0.15) is 13.2 Å². The van der Waals surface area contributed by atoms with Crippen LogP contribution in [0.1, 0.15) is 16.9 Å². The average molecular weight is 314 g/mol. The van der Waals surface area contributed by atoms with Gasteiger partial charge in [0.05, 0.1) is 18.4 Å². The fraction of sp³-hybridized carbons (Fsp3) is 0.214. The van der Waals surface area contributed by atoms with Crippen molar-refractivity contribution in [3.63, 3.8) is 0 Å². The van der Waals surface area contributed by atoms with E-state index in [-0.39, 0.29) is 6.54 Å². The number of benzene rings is 1. The molecule has 1 aromatic heterocycles. The van der Waals surface area contributed by atoms with Crippen LogP contribution >= 0.6 is 12.2 Å². The lowest BCUT2D eigenvalue weighted by Gasteiger charge is -2.11. The molecule has 2 aromatic rings. The molecule has 1 heterocycles. The van der Waals surface area contributed by atoms with Crippen LogP contribution in [0.5, 0.6) is 0 Å². The molecule has 0 aliphatic carbocycles. The highest BCUT2D eigenvalue weighted by atomic mass is 32.1. The van der Waals surface area contributed by atoms with Gasteiger partial charge in [-0.25, -0.2) is 0 Å². The minimum atomic E-state index is -4.34. The van der Waals surface area contributed by atoms with Crippen molar-refractivity contribution in [3.8, 4) is 0 Å². The highest BCUT2D eigenvalue weighted by Gasteiger charge is 2.30. The highest BCUT2D eigenvalue weighted by molar-refractivity contribution is 7.80. The molecule has 3 nitrogen and oxygen atoms in total. The molecule has 0 spiro atoms. The van der Waals surface area contributed by atoms with Crippen molar-refractivity contribution in [3.05, 3.63) is 59.5 Å². The monoisotopic (exact) mass is 314 g/mol. The Kier molecular flexibility index (Phi) is 4.85. The second-order valence-electron chi connectivity index (χ2n) is 4.31. The van der Waals surface area contributed by atoms with Gasteiger partial charge in [0, 0.05) is 6.54 Å². The van der Waals surface area contributed by atoms with Gasteiger partial charge >= 0.3 is 6.18 Å². The number of alkyl halides is 3. The molecule has 2 N–H and O–H groups in total. The van der Waals surface area contributed by atoms with Gasteiger partial charge in [0.15, 0.2) is 5.11 Å². The van der Waals surface area contributed by atoms with E-state index in [4.69, 9.17) is 16.6 Å². The molecule has 0 amide bonds. The van der Waals surface area contributed by atoms with Crippen molar-refractivity contribution in [2.75, 3.05) is 0 Å². The minimum absolute atomic E-state index is 0.216. The van der Waals surface area contributed by atoms with Crippen molar-refractivity contribution in [1.29, 1.82) is 0 Å². The Bertz CT molecular complexity index is 597. The van der Waals surface area contributed by atoms with Gasteiger partial charge in [0.2, 0.25) is 0 Å². The van der Waals surface area contributed by atoms with E-state index in [0.29, 0.717) is 17.2 Å². The summed E-state index contributed by atoms with van der Waals surface area (Å²) in [6, 6.07) is 8.67. The summed E-state index contributed by atoms with van der Waals surface area (Å²) in [6.45, 7) is 0.634. The van der Waals surface area contributed by atoms with E-state index in [0.717, 1.165) is 17.9 Å². The number of halogens is 3. The minimum Gasteiger partial charge on any atom is -0.467 e. The molecule has 1 aromatic carbocycles. The standard InChI is InChI=1S/C14H13F3N2OS/c15-14(16,17)11-4-1-3-10(7-11)8-18-13(21)19-9-12-5-2-6-20-12/h1-7H,8-9H2,(H2,18,19,21). The van der Waals surface area contributed by atoms with Crippen LogP contribution in [0.15, 0.2) is 47.1 Å². The molecular weight excluding hydrogens is 301 g/mol. The van der Waals surface area contributed by atoms with E-state index in [9.17, 15) is 13.2 Å². The number of furan rings is 1. The summed E-state index contributed by atoms with van der Waals surface area (Å²) in [5.74, 6) is 0.721. The molecule has 0 radical (unpaired) electrons. The van der Waals surface area contributed by atoms with E-state index in [1.54, 1.807) is 24.5 Å². The van der Waals surface area contributed by atoms with Gasteiger partial charge in [-0.1, -0.05) is 12.1 Å². The first-order chi connectivity index (χ1) is 9.95. The first kappa shape index (κ1) is 15.4. The average Bonchev–Trinajstić information content (AvgIpc) is 2.95. The second kappa shape index (κ2) is 6.62. The molecule has 0 fully saturated rings. The lowest BCUT2D eigenvalue weighted by molar-refractivity contribution is -0.137. The zero-order valence-corrected chi connectivity index (χ0v) is 11.7. The largest absolute Gasteiger partial charge is 0.467 e. The van der Waals surface area contributed by atoms with Crippen molar-refractivity contribution in [2.24, 2.45) is 0 Å². The summed E-state index contributed by atoms with van der Waals surface area (Å²) >= 11 is 5.05. The third-order valence-electron chi connectivity index (χ3n) is 2.71. The third kappa shape index (κ3) is 4.78. The van der Waals surface area contributed by atoms with Gasteiger partial charge in [-0.15, -0.1) is 0 Å². The maximum absolute atomic E-state index is 12.6. The van der Waals surface area contributed by atoms with Crippen LogP contribution in [-0.2, 0) is 19.3 Å². The first-order valence-corrected chi connectivity index (χ1v) is 6.56. The van der Waals surface area contributed by atoms with Gasteiger partial charge in [-0.3, -0.25) is 0 Å². The SMILES string of the molecule is FC(F)(F)c1cccc(CNC(=S)NCc2ccco2)c1. The van der Waals surface area contributed by atoms with Gasteiger partial charge in [0.1, 0.15) is 5.76 Å². The van der Waals surface area contributed by atoms with Crippen molar-refractivity contribution in [2.45, 2.75) is 19.3 Å². The molecule has 0 aliphatic rings. The lowest BCUT2D eigenvalue weighted by atomic mass is 10.1. The summed E-state index contributed by atoms with van der Waals surface area (Å²) < 4.78 is 42.9. The number of hydrogen-bond donors (Lipinski definition) is 2. The van der Waals surface area contributed by atoms with Gasteiger partial charge in [-0.05, 0) is 42.0 Å². The molecule has 0 atom stereocenters. The van der Waals surface area contributed by atoms with Crippen LogP contribution in [0.3, 0.4) is 0 Å². The Morgan fingerprint density at radius 3 is 2.52 bits per heavy atom. The Labute approximate surface area is 125 Å². The van der Waals surface area contributed by atoms with E-state index in [2.05, 4.69) is 10.6 Å². The quantitative estimate of drug-likeness (QED) is 0.848. The smallest absolute Gasteiger partial charge is 0.416 e. The molecule has 0 saturated heterocycles. The van der Waals surface area contributed by atoms with Crippen LogP contribution in [0, 0.1) is 0 Å². The zero-order chi connectivity index (χ0) is 15.3. The molecule has 7 heteroatoms. The topological polar surface area (TPSA) is 37.2 Å². The summed E-state index contributed by atoms with van der Waals surface area (Å²) in [4.78, 5) is 0. The summed E-state index contributed by atoms with van der Waals surface area (Å²) in [6.07, 6.45) is -2.79. The van der Waals surface area contributed by atoms with Crippen LogP contribution in [0.25, 0.3) is 0 Å². The number of nitrogens with one attached hydrogen (secondary N) is 2. The second-order valence-corrected chi connectivity index (χ2v) is 4.72. The summed E-state index contributed by atoms with van der Waals surface area (Å²) in [5.41, 5.74) is -0.164.